The summed E-state index contributed by atoms with van der Waals surface area (Å²) in [6.07, 6.45) is 0. The molecule has 0 saturated carbocycles. The minimum atomic E-state index is -0.260. The molecule has 0 saturated heterocycles. The molecule has 0 spiro atoms. The fourth-order valence-corrected chi connectivity index (χ4v) is 3.34. The van der Waals surface area contributed by atoms with Gasteiger partial charge in [-0.3, -0.25) is 4.79 Å². The molecule has 24 heavy (non-hydrogen) atoms. The number of hydrogen-bond donors (Lipinski definition) is 1. The average Bonchev–Trinajstić information content (AvgIpc) is 2.56. The standard InChI is InChI=1S/C19H19N3OS/c1-12-8-10-15(11-9-12)22-18(23)13(2)24-19-16-6-4-5-7-17(16)20-14(3)21-19/h4-11,13H,1-3H3,(H,22,23)/t13-/m0/s1. The van der Waals surface area contributed by atoms with E-state index in [-0.39, 0.29) is 11.2 Å². The van der Waals surface area contributed by atoms with Gasteiger partial charge in [-0.1, -0.05) is 47.7 Å². The van der Waals surface area contributed by atoms with Gasteiger partial charge in [0, 0.05) is 11.1 Å². The Morgan fingerprint density at radius 1 is 1.04 bits per heavy atom. The highest BCUT2D eigenvalue weighted by molar-refractivity contribution is 8.00. The van der Waals surface area contributed by atoms with Gasteiger partial charge in [-0.05, 0) is 39.0 Å². The van der Waals surface area contributed by atoms with Crippen molar-refractivity contribution in [3.63, 3.8) is 0 Å². The molecule has 1 N–H and O–H groups in total. The van der Waals surface area contributed by atoms with E-state index < -0.39 is 0 Å². The van der Waals surface area contributed by atoms with Crippen LogP contribution in [0.3, 0.4) is 0 Å². The first kappa shape index (κ1) is 16.5. The Hall–Kier alpha value is -2.40. The van der Waals surface area contributed by atoms with E-state index in [4.69, 9.17) is 0 Å². The zero-order valence-corrected chi connectivity index (χ0v) is 14.7. The monoisotopic (exact) mass is 337 g/mol. The first-order chi connectivity index (χ1) is 11.5. The fraction of sp³-hybridized carbons (Fsp3) is 0.211. The zero-order chi connectivity index (χ0) is 17.1. The molecule has 1 heterocycles. The van der Waals surface area contributed by atoms with Crippen molar-refractivity contribution in [3.8, 4) is 0 Å². The predicted molar refractivity (Wildman–Crippen MR) is 99.4 cm³/mol. The van der Waals surface area contributed by atoms with Gasteiger partial charge in [-0.2, -0.15) is 0 Å². The summed E-state index contributed by atoms with van der Waals surface area (Å²) < 4.78 is 0. The van der Waals surface area contributed by atoms with Gasteiger partial charge in [0.05, 0.1) is 10.8 Å². The number of benzene rings is 2. The Morgan fingerprint density at radius 3 is 2.50 bits per heavy atom. The molecule has 122 valence electrons. The Labute approximate surface area is 145 Å². The molecule has 1 amide bonds. The summed E-state index contributed by atoms with van der Waals surface area (Å²) in [7, 11) is 0. The van der Waals surface area contributed by atoms with E-state index in [2.05, 4.69) is 15.3 Å². The maximum Gasteiger partial charge on any atom is 0.237 e. The summed E-state index contributed by atoms with van der Waals surface area (Å²) in [5.41, 5.74) is 2.87. The number of para-hydroxylation sites is 1. The molecule has 0 unspecified atom stereocenters. The van der Waals surface area contributed by atoms with Gasteiger partial charge in [0.1, 0.15) is 10.9 Å². The van der Waals surface area contributed by atoms with Gasteiger partial charge in [0.15, 0.2) is 0 Å². The molecular formula is C19H19N3OS. The summed E-state index contributed by atoms with van der Waals surface area (Å²) in [6, 6.07) is 15.7. The number of aromatic nitrogens is 2. The Balaban J connectivity index is 1.78. The lowest BCUT2D eigenvalue weighted by Crippen LogP contribution is -2.22. The Bertz CT molecular complexity index is 877. The summed E-state index contributed by atoms with van der Waals surface area (Å²) in [6.45, 7) is 5.78. The van der Waals surface area contributed by atoms with E-state index >= 15 is 0 Å². The van der Waals surface area contributed by atoms with Gasteiger partial charge < -0.3 is 5.32 Å². The van der Waals surface area contributed by atoms with Crippen LogP contribution in [0.1, 0.15) is 18.3 Å². The number of rotatable bonds is 4. The molecule has 4 nitrogen and oxygen atoms in total. The van der Waals surface area contributed by atoms with Crippen LogP contribution in [0, 0.1) is 13.8 Å². The highest BCUT2D eigenvalue weighted by Gasteiger charge is 2.17. The van der Waals surface area contributed by atoms with E-state index in [1.165, 1.54) is 17.3 Å². The molecule has 0 aliphatic rings. The van der Waals surface area contributed by atoms with E-state index in [0.717, 1.165) is 21.6 Å². The highest BCUT2D eigenvalue weighted by atomic mass is 32.2. The van der Waals surface area contributed by atoms with Crippen LogP contribution in [-0.2, 0) is 4.79 Å². The minimum absolute atomic E-state index is 0.0378. The maximum absolute atomic E-state index is 12.4. The lowest BCUT2D eigenvalue weighted by molar-refractivity contribution is -0.115. The molecule has 2 aromatic carbocycles. The van der Waals surface area contributed by atoms with Crippen LogP contribution in [0.5, 0.6) is 0 Å². The number of carbonyl (C=O) groups excluding carboxylic acids is 1. The van der Waals surface area contributed by atoms with E-state index in [0.29, 0.717) is 5.82 Å². The largest absolute Gasteiger partial charge is 0.325 e. The molecule has 5 heteroatoms. The van der Waals surface area contributed by atoms with Crippen LogP contribution in [-0.4, -0.2) is 21.1 Å². The number of amides is 1. The normalized spacial score (nSPS) is 12.1. The molecule has 0 aliphatic carbocycles. The fourth-order valence-electron chi connectivity index (χ4n) is 2.35. The van der Waals surface area contributed by atoms with E-state index in [1.54, 1.807) is 0 Å². The maximum atomic E-state index is 12.4. The van der Waals surface area contributed by atoms with Crippen LogP contribution in [0.2, 0.25) is 0 Å². The van der Waals surface area contributed by atoms with Crippen LogP contribution in [0.15, 0.2) is 53.6 Å². The number of nitrogens with one attached hydrogen (secondary N) is 1. The van der Waals surface area contributed by atoms with Crippen molar-refractivity contribution in [1.29, 1.82) is 0 Å². The lowest BCUT2D eigenvalue weighted by atomic mass is 10.2. The molecule has 0 fully saturated rings. The summed E-state index contributed by atoms with van der Waals surface area (Å²) >= 11 is 1.45. The number of hydrogen-bond acceptors (Lipinski definition) is 4. The highest BCUT2D eigenvalue weighted by Crippen LogP contribution is 2.29. The van der Waals surface area contributed by atoms with Gasteiger partial charge >= 0.3 is 0 Å². The molecule has 3 rings (SSSR count). The van der Waals surface area contributed by atoms with Crippen molar-refractivity contribution in [3.05, 3.63) is 59.9 Å². The number of aryl methyl sites for hydroxylation is 2. The van der Waals surface area contributed by atoms with Crippen LogP contribution in [0.25, 0.3) is 10.9 Å². The predicted octanol–water partition coefficient (Wildman–Crippen LogP) is 4.37. The Morgan fingerprint density at radius 2 is 1.75 bits per heavy atom. The third-order valence-electron chi connectivity index (χ3n) is 3.66. The van der Waals surface area contributed by atoms with Crippen LogP contribution >= 0.6 is 11.8 Å². The number of thioether (sulfide) groups is 1. The smallest absolute Gasteiger partial charge is 0.237 e. The molecule has 3 aromatic rings. The molecular weight excluding hydrogens is 318 g/mol. The number of anilines is 1. The second-order valence-electron chi connectivity index (χ2n) is 5.71. The Kier molecular flexibility index (Phi) is 4.81. The quantitative estimate of drug-likeness (QED) is 0.567. The van der Waals surface area contributed by atoms with Crippen molar-refractivity contribution in [1.82, 2.24) is 9.97 Å². The van der Waals surface area contributed by atoms with Gasteiger partial charge in [0.2, 0.25) is 5.91 Å². The topological polar surface area (TPSA) is 54.9 Å². The van der Waals surface area contributed by atoms with Crippen molar-refractivity contribution >= 4 is 34.3 Å². The summed E-state index contributed by atoms with van der Waals surface area (Å²) in [4.78, 5) is 21.4. The average molecular weight is 337 g/mol. The molecule has 1 atom stereocenters. The zero-order valence-electron chi connectivity index (χ0n) is 13.9. The van der Waals surface area contributed by atoms with Gasteiger partial charge in [0.25, 0.3) is 0 Å². The van der Waals surface area contributed by atoms with E-state index in [9.17, 15) is 4.79 Å². The number of nitrogens with zero attached hydrogens (tertiary/aromatic N) is 2. The number of fused-ring (bicyclic) bond motifs is 1. The summed E-state index contributed by atoms with van der Waals surface area (Å²) in [5.74, 6) is 0.673. The first-order valence-corrected chi connectivity index (χ1v) is 8.68. The van der Waals surface area contributed by atoms with Crippen molar-refractivity contribution < 1.29 is 4.79 Å². The van der Waals surface area contributed by atoms with Gasteiger partial charge in [-0.15, -0.1) is 0 Å². The van der Waals surface area contributed by atoms with Crippen molar-refractivity contribution in [2.75, 3.05) is 5.32 Å². The van der Waals surface area contributed by atoms with E-state index in [1.807, 2.05) is 69.3 Å². The molecule has 1 aromatic heterocycles. The lowest BCUT2D eigenvalue weighted by Gasteiger charge is -2.13. The van der Waals surface area contributed by atoms with Gasteiger partial charge in [-0.25, -0.2) is 9.97 Å². The molecule has 0 aliphatic heterocycles. The third-order valence-corrected chi connectivity index (χ3v) is 4.76. The SMILES string of the molecule is Cc1ccc(NC(=O)[C@H](C)Sc2nc(C)nc3ccccc23)cc1. The first-order valence-electron chi connectivity index (χ1n) is 7.80. The van der Waals surface area contributed by atoms with Crippen molar-refractivity contribution in [2.45, 2.75) is 31.0 Å². The third kappa shape index (κ3) is 3.74. The van der Waals surface area contributed by atoms with Crippen molar-refractivity contribution in [2.24, 2.45) is 0 Å². The second-order valence-corrected chi connectivity index (χ2v) is 7.04. The minimum Gasteiger partial charge on any atom is -0.325 e. The van der Waals surface area contributed by atoms with Crippen LogP contribution in [0.4, 0.5) is 5.69 Å². The number of carbonyl (C=O) groups is 1. The van der Waals surface area contributed by atoms with Crippen LogP contribution < -0.4 is 5.32 Å². The molecule has 0 radical (unpaired) electrons. The summed E-state index contributed by atoms with van der Waals surface area (Å²) in [5, 5.41) is 4.50. The molecule has 0 bridgehead atoms. The second kappa shape index (κ2) is 7.01.